The van der Waals surface area contributed by atoms with Gasteiger partial charge in [-0.2, -0.15) is 0 Å². The van der Waals surface area contributed by atoms with E-state index in [2.05, 4.69) is 5.32 Å². The maximum absolute atomic E-state index is 12.6. The molecule has 156 valence electrons. The third kappa shape index (κ3) is 4.33. The number of nitrogens with zero attached hydrogens (tertiary/aromatic N) is 2. The lowest BCUT2D eigenvalue weighted by molar-refractivity contribution is -0.146. The summed E-state index contributed by atoms with van der Waals surface area (Å²) in [5.41, 5.74) is 3.78. The number of imide groups is 1. The Kier molecular flexibility index (Phi) is 6.05. The molecule has 0 unspecified atom stereocenters. The van der Waals surface area contributed by atoms with Gasteiger partial charge in [0.15, 0.2) is 0 Å². The van der Waals surface area contributed by atoms with Gasteiger partial charge in [0.25, 0.3) is 0 Å². The number of rotatable bonds is 5. The molecule has 1 N–H and O–H groups in total. The van der Waals surface area contributed by atoms with Gasteiger partial charge in [0.05, 0.1) is 18.4 Å². The van der Waals surface area contributed by atoms with E-state index in [0.717, 1.165) is 40.1 Å². The van der Waals surface area contributed by atoms with Crippen LogP contribution >= 0.6 is 0 Å². The number of likely N-dealkylation sites (N-methyl/N-ethyl adjacent to an activating group) is 1. The van der Waals surface area contributed by atoms with Crippen LogP contribution in [0.15, 0.2) is 12.1 Å². The molecule has 1 heterocycles. The van der Waals surface area contributed by atoms with Crippen LogP contribution in [-0.2, 0) is 19.2 Å². The number of anilines is 1. The number of benzene rings is 1. The molecule has 1 aromatic carbocycles. The summed E-state index contributed by atoms with van der Waals surface area (Å²) in [5.74, 6) is -1.76. The fourth-order valence-corrected chi connectivity index (χ4v) is 4.50. The predicted octanol–water partition coefficient (Wildman–Crippen LogP) is 2.18. The Hall–Kier alpha value is -2.70. The van der Waals surface area contributed by atoms with E-state index >= 15 is 0 Å². The zero-order valence-electron chi connectivity index (χ0n) is 17.6. The molecule has 2 fully saturated rings. The first kappa shape index (κ1) is 21.0. The van der Waals surface area contributed by atoms with Crippen molar-refractivity contribution in [1.82, 2.24) is 9.80 Å². The first-order chi connectivity index (χ1) is 13.7. The lowest BCUT2D eigenvalue weighted by atomic mass is 9.81. The number of carbonyl (C=O) groups excluding carboxylic acids is 4. The molecule has 0 aromatic heterocycles. The Morgan fingerprint density at radius 1 is 1.03 bits per heavy atom. The van der Waals surface area contributed by atoms with E-state index < -0.39 is 5.91 Å². The molecule has 1 saturated carbocycles. The van der Waals surface area contributed by atoms with Crippen molar-refractivity contribution in [2.45, 2.75) is 46.5 Å². The molecular formula is C22H29N3O4. The van der Waals surface area contributed by atoms with Crippen molar-refractivity contribution < 1.29 is 19.2 Å². The molecule has 2 aliphatic rings. The molecule has 4 amide bonds. The first-order valence-corrected chi connectivity index (χ1v) is 10.2. The van der Waals surface area contributed by atoms with Gasteiger partial charge in [0.1, 0.15) is 6.54 Å². The molecular weight excluding hydrogens is 370 g/mol. The van der Waals surface area contributed by atoms with E-state index in [-0.39, 0.29) is 42.6 Å². The summed E-state index contributed by atoms with van der Waals surface area (Å²) in [5, 5.41) is 2.86. The Morgan fingerprint density at radius 2 is 1.55 bits per heavy atom. The van der Waals surface area contributed by atoms with Crippen molar-refractivity contribution in [3.8, 4) is 0 Å². The third-order valence-electron chi connectivity index (χ3n) is 5.97. The molecule has 0 spiro atoms. The van der Waals surface area contributed by atoms with Gasteiger partial charge < -0.3 is 10.2 Å². The second kappa shape index (κ2) is 8.35. The summed E-state index contributed by atoms with van der Waals surface area (Å²) in [4.78, 5) is 52.4. The number of amides is 4. The standard InChI is InChI=1S/C22H29N3O4/c1-13-9-14(2)20(15(3)10-13)23-18(26)11-24(4)19(27)12-25-21(28)16-7-5-6-8-17(16)22(25)29/h9-10,16-17H,5-8,11-12H2,1-4H3,(H,23,26)/t16-,17-/m0/s1. The Labute approximate surface area is 171 Å². The first-order valence-electron chi connectivity index (χ1n) is 10.2. The maximum Gasteiger partial charge on any atom is 0.243 e. The quantitative estimate of drug-likeness (QED) is 0.769. The molecule has 29 heavy (non-hydrogen) atoms. The topological polar surface area (TPSA) is 86.8 Å². The average molecular weight is 399 g/mol. The summed E-state index contributed by atoms with van der Waals surface area (Å²) in [6.07, 6.45) is 3.32. The van der Waals surface area contributed by atoms with Crippen LogP contribution in [0, 0.1) is 32.6 Å². The number of hydrogen-bond donors (Lipinski definition) is 1. The minimum Gasteiger partial charge on any atom is -0.335 e. The van der Waals surface area contributed by atoms with Crippen molar-refractivity contribution in [2.24, 2.45) is 11.8 Å². The monoisotopic (exact) mass is 399 g/mol. The summed E-state index contributed by atoms with van der Waals surface area (Å²) in [6, 6.07) is 3.98. The van der Waals surface area contributed by atoms with Gasteiger partial charge in [0, 0.05) is 12.7 Å². The number of hydrogen-bond acceptors (Lipinski definition) is 4. The van der Waals surface area contributed by atoms with Crippen LogP contribution in [0.2, 0.25) is 0 Å². The summed E-state index contributed by atoms with van der Waals surface area (Å²) < 4.78 is 0. The van der Waals surface area contributed by atoms with Crippen LogP contribution in [0.4, 0.5) is 5.69 Å². The smallest absolute Gasteiger partial charge is 0.243 e. The zero-order valence-corrected chi connectivity index (χ0v) is 17.6. The summed E-state index contributed by atoms with van der Waals surface area (Å²) in [6.45, 7) is 5.41. The second-order valence-corrected chi connectivity index (χ2v) is 8.33. The normalized spacial score (nSPS) is 21.2. The summed E-state index contributed by atoms with van der Waals surface area (Å²) in [7, 11) is 1.51. The minimum atomic E-state index is -0.419. The van der Waals surface area contributed by atoms with Gasteiger partial charge in [-0.1, -0.05) is 30.5 Å². The van der Waals surface area contributed by atoms with Crippen molar-refractivity contribution in [3.63, 3.8) is 0 Å². The predicted molar refractivity (Wildman–Crippen MR) is 109 cm³/mol. The molecule has 2 atom stereocenters. The number of fused-ring (bicyclic) bond motifs is 1. The average Bonchev–Trinajstić information content (AvgIpc) is 2.90. The largest absolute Gasteiger partial charge is 0.335 e. The Bertz CT molecular complexity index is 817. The van der Waals surface area contributed by atoms with Crippen LogP contribution < -0.4 is 5.32 Å². The van der Waals surface area contributed by atoms with E-state index in [1.165, 1.54) is 11.9 Å². The van der Waals surface area contributed by atoms with Crippen molar-refractivity contribution >= 4 is 29.3 Å². The van der Waals surface area contributed by atoms with E-state index in [1.54, 1.807) is 0 Å². The van der Waals surface area contributed by atoms with Gasteiger partial charge >= 0.3 is 0 Å². The third-order valence-corrected chi connectivity index (χ3v) is 5.97. The highest BCUT2D eigenvalue weighted by atomic mass is 16.2. The molecule has 0 bridgehead atoms. The Morgan fingerprint density at radius 3 is 2.07 bits per heavy atom. The van der Waals surface area contributed by atoms with Gasteiger partial charge in [0.2, 0.25) is 23.6 Å². The molecule has 1 aromatic rings. The highest BCUT2D eigenvalue weighted by molar-refractivity contribution is 6.07. The molecule has 1 aliphatic carbocycles. The van der Waals surface area contributed by atoms with E-state index in [4.69, 9.17) is 0 Å². The van der Waals surface area contributed by atoms with Crippen molar-refractivity contribution in [1.29, 1.82) is 0 Å². The van der Waals surface area contributed by atoms with E-state index in [0.29, 0.717) is 12.8 Å². The molecule has 1 aliphatic heterocycles. The SMILES string of the molecule is Cc1cc(C)c(NC(=O)CN(C)C(=O)CN2C(=O)[C@H]3CCCC[C@@H]3C2=O)c(C)c1. The van der Waals surface area contributed by atoms with E-state index in [1.807, 2.05) is 32.9 Å². The maximum atomic E-state index is 12.6. The molecule has 0 radical (unpaired) electrons. The minimum absolute atomic E-state index is 0.144. The zero-order chi connectivity index (χ0) is 21.3. The fraction of sp³-hybridized carbons (Fsp3) is 0.545. The number of nitrogens with one attached hydrogen (secondary N) is 1. The number of aryl methyl sites for hydroxylation is 3. The highest BCUT2D eigenvalue weighted by Crippen LogP contribution is 2.37. The molecule has 7 nitrogen and oxygen atoms in total. The Balaban J connectivity index is 1.59. The van der Waals surface area contributed by atoms with Gasteiger partial charge in [-0.15, -0.1) is 0 Å². The lowest BCUT2D eigenvalue weighted by Gasteiger charge is -2.21. The van der Waals surface area contributed by atoms with Crippen LogP contribution in [0.25, 0.3) is 0 Å². The fourth-order valence-electron chi connectivity index (χ4n) is 4.50. The highest BCUT2D eigenvalue weighted by Gasteiger charge is 2.48. The van der Waals surface area contributed by atoms with E-state index in [9.17, 15) is 19.2 Å². The van der Waals surface area contributed by atoms with Crippen LogP contribution in [0.3, 0.4) is 0 Å². The van der Waals surface area contributed by atoms with Crippen LogP contribution in [0.5, 0.6) is 0 Å². The second-order valence-electron chi connectivity index (χ2n) is 8.33. The van der Waals surface area contributed by atoms with Crippen molar-refractivity contribution in [3.05, 3.63) is 28.8 Å². The molecule has 3 rings (SSSR count). The van der Waals surface area contributed by atoms with Gasteiger partial charge in [-0.05, 0) is 44.7 Å². The summed E-state index contributed by atoms with van der Waals surface area (Å²) >= 11 is 0. The number of likely N-dealkylation sites (tertiary alicyclic amines) is 1. The lowest BCUT2D eigenvalue weighted by Crippen LogP contribution is -2.44. The van der Waals surface area contributed by atoms with Crippen LogP contribution in [0.1, 0.15) is 42.4 Å². The molecule has 7 heteroatoms. The van der Waals surface area contributed by atoms with Crippen molar-refractivity contribution in [2.75, 3.05) is 25.5 Å². The van der Waals surface area contributed by atoms with Gasteiger partial charge in [-0.25, -0.2) is 0 Å². The number of carbonyl (C=O) groups is 4. The van der Waals surface area contributed by atoms with Crippen LogP contribution in [-0.4, -0.2) is 53.6 Å². The molecule has 1 saturated heterocycles. The van der Waals surface area contributed by atoms with Gasteiger partial charge in [-0.3, -0.25) is 24.1 Å².